The number of aromatic amines is 1. The van der Waals surface area contributed by atoms with Crippen molar-refractivity contribution >= 4 is 5.95 Å². The van der Waals surface area contributed by atoms with Crippen LogP contribution in [0.5, 0.6) is 0 Å². The lowest BCUT2D eigenvalue weighted by atomic mass is 10.8. The quantitative estimate of drug-likeness (QED) is 0.420. The van der Waals surface area contributed by atoms with E-state index in [0.29, 0.717) is 5.82 Å². The highest BCUT2D eigenvalue weighted by atomic mass is 16.8. The van der Waals surface area contributed by atoms with Crippen LogP contribution in [0, 0.1) is 6.92 Å². The lowest BCUT2D eigenvalue weighted by Crippen LogP contribution is -2.22. The highest BCUT2D eigenvalue weighted by molar-refractivity contribution is 5.18. The Morgan fingerprint density at radius 1 is 1.60 bits per heavy atom. The monoisotopic (exact) mass is 145 g/mol. The maximum absolute atomic E-state index is 8.20. The number of nitrogens with zero attached hydrogens (tertiary/aromatic N) is 3. The molecule has 0 fully saturated rings. The van der Waals surface area contributed by atoms with E-state index in [2.05, 4.69) is 15.2 Å². The van der Waals surface area contributed by atoms with Crippen LogP contribution < -0.4 is 5.43 Å². The van der Waals surface area contributed by atoms with E-state index in [1.165, 1.54) is 0 Å². The van der Waals surface area contributed by atoms with Gasteiger partial charge in [0.15, 0.2) is 0 Å². The maximum atomic E-state index is 8.20. The van der Waals surface area contributed by atoms with E-state index in [0.717, 1.165) is 0 Å². The second-order valence-electron chi connectivity index (χ2n) is 1.65. The van der Waals surface area contributed by atoms with Gasteiger partial charge in [-0.1, -0.05) is 0 Å². The zero-order valence-corrected chi connectivity index (χ0v) is 5.24. The van der Waals surface area contributed by atoms with Crippen LogP contribution in [0.2, 0.25) is 0 Å². The van der Waals surface area contributed by atoms with Crippen LogP contribution in [0.1, 0.15) is 5.82 Å². The van der Waals surface area contributed by atoms with Crippen molar-refractivity contribution in [3.63, 3.8) is 0 Å². The van der Waals surface area contributed by atoms with E-state index in [9.17, 15) is 0 Å². The van der Waals surface area contributed by atoms with Crippen LogP contribution in [0.15, 0.2) is 0 Å². The molecule has 7 heteroatoms. The summed E-state index contributed by atoms with van der Waals surface area (Å²) in [7, 11) is 0. The van der Waals surface area contributed by atoms with Crippen molar-refractivity contribution in [1.82, 2.24) is 20.5 Å². The van der Waals surface area contributed by atoms with Crippen molar-refractivity contribution < 1.29 is 10.4 Å². The van der Waals surface area contributed by atoms with E-state index < -0.39 is 0 Å². The summed E-state index contributed by atoms with van der Waals surface area (Å²) in [5, 5.41) is 22.2. The third-order valence-corrected chi connectivity index (χ3v) is 0.797. The standard InChI is InChI=1S/C3H7N5O2/c1-2-4-3(6-5-2)7-8(9)10/h9-10H,1H3,(H2,4,5,6,7). The number of aryl methyl sites for hydroxylation is 1. The van der Waals surface area contributed by atoms with Gasteiger partial charge in [-0.25, -0.2) is 5.43 Å². The second kappa shape index (κ2) is 2.60. The van der Waals surface area contributed by atoms with Crippen molar-refractivity contribution in [1.29, 1.82) is 0 Å². The van der Waals surface area contributed by atoms with E-state index in [-0.39, 0.29) is 11.3 Å². The molecule has 0 spiro atoms. The summed E-state index contributed by atoms with van der Waals surface area (Å²) >= 11 is 0. The Morgan fingerprint density at radius 3 is 2.70 bits per heavy atom. The molecule has 0 saturated carbocycles. The number of hydrazine groups is 1. The van der Waals surface area contributed by atoms with Gasteiger partial charge in [0.2, 0.25) is 0 Å². The van der Waals surface area contributed by atoms with Gasteiger partial charge in [-0.2, -0.15) is 4.98 Å². The fraction of sp³-hybridized carbons (Fsp3) is 0.333. The van der Waals surface area contributed by atoms with Crippen LogP contribution >= 0.6 is 0 Å². The highest BCUT2D eigenvalue weighted by Crippen LogP contribution is 1.95. The van der Waals surface area contributed by atoms with Gasteiger partial charge in [0.05, 0.1) is 0 Å². The molecule has 0 saturated heterocycles. The molecule has 7 nitrogen and oxygen atoms in total. The molecule has 1 aromatic rings. The fourth-order valence-corrected chi connectivity index (χ4v) is 0.482. The summed E-state index contributed by atoms with van der Waals surface area (Å²) in [4.78, 5) is 3.71. The lowest BCUT2D eigenvalue weighted by molar-refractivity contribution is -0.288. The number of anilines is 1. The Balaban J connectivity index is 2.58. The molecule has 0 aliphatic carbocycles. The number of nitrogens with one attached hydrogen (secondary N) is 2. The van der Waals surface area contributed by atoms with Crippen LogP contribution in [-0.4, -0.2) is 30.9 Å². The van der Waals surface area contributed by atoms with Crippen molar-refractivity contribution in [3.8, 4) is 0 Å². The first-order valence-corrected chi connectivity index (χ1v) is 2.52. The van der Waals surface area contributed by atoms with Gasteiger partial charge in [0.1, 0.15) is 5.82 Å². The van der Waals surface area contributed by atoms with Gasteiger partial charge in [0.25, 0.3) is 5.95 Å². The van der Waals surface area contributed by atoms with Crippen molar-refractivity contribution in [3.05, 3.63) is 5.82 Å². The molecule has 0 amide bonds. The zero-order chi connectivity index (χ0) is 7.56. The molecule has 4 N–H and O–H groups in total. The van der Waals surface area contributed by atoms with Gasteiger partial charge in [0, 0.05) is 5.34 Å². The summed E-state index contributed by atoms with van der Waals surface area (Å²) in [6.45, 7) is 1.69. The average Bonchev–Trinajstić information content (AvgIpc) is 2.13. The molecule has 0 bridgehead atoms. The predicted octanol–water partition coefficient (Wildman–Crippen LogP) is -0.480. The van der Waals surface area contributed by atoms with Crippen molar-refractivity contribution in [2.75, 3.05) is 5.43 Å². The van der Waals surface area contributed by atoms with Gasteiger partial charge >= 0.3 is 0 Å². The molecule has 1 aromatic heterocycles. The Morgan fingerprint density at radius 2 is 2.30 bits per heavy atom. The third kappa shape index (κ3) is 1.65. The molecule has 0 aliphatic heterocycles. The molecule has 0 atom stereocenters. The van der Waals surface area contributed by atoms with Gasteiger partial charge in [-0.15, -0.1) is 5.10 Å². The Labute approximate surface area is 56.2 Å². The van der Waals surface area contributed by atoms with E-state index >= 15 is 0 Å². The van der Waals surface area contributed by atoms with E-state index in [1.54, 1.807) is 6.92 Å². The van der Waals surface area contributed by atoms with Gasteiger partial charge in [-0.05, 0) is 6.92 Å². The smallest absolute Gasteiger partial charge is 0.260 e. The average molecular weight is 145 g/mol. The van der Waals surface area contributed by atoms with E-state index in [4.69, 9.17) is 10.4 Å². The molecule has 10 heavy (non-hydrogen) atoms. The summed E-state index contributed by atoms with van der Waals surface area (Å²) in [5.74, 6) is 0.687. The SMILES string of the molecule is Cc1nc(NN(O)O)n[nH]1. The summed E-state index contributed by atoms with van der Waals surface area (Å²) in [6, 6.07) is 0. The first kappa shape index (κ1) is 6.93. The summed E-state index contributed by atoms with van der Waals surface area (Å²) in [5.41, 5.74) is 2.02. The molecule has 0 aliphatic rings. The number of aromatic nitrogens is 3. The minimum absolute atomic E-state index is 0.0995. The van der Waals surface area contributed by atoms with E-state index in [1.807, 2.05) is 5.43 Å². The maximum Gasteiger partial charge on any atom is 0.260 e. The van der Waals surface area contributed by atoms with Crippen LogP contribution in [0.4, 0.5) is 5.95 Å². The number of hydrogen-bond acceptors (Lipinski definition) is 6. The minimum Gasteiger partial charge on any atom is -0.271 e. The Hall–Kier alpha value is -1.18. The fourth-order valence-electron chi connectivity index (χ4n) is 0.482. The lowest BCUT2D eigenvalue weighted by Gasteiger charge is -2.02. The van der Waals surface area contributed by atoms with Crippen molar-refractivity contribution in [2.24, 2.45) is 0 Å². The Bertz CT molecular complexity index is 208. The largest absolute Gasteiger partial charge is 0.271 e. The highest BCUT2D eigenvalue weighted by Gasteiger charge is 1.99. The molecule has 0 aromatic carbocycles. The van der Waals surface area contributed by atoms with Gasteiger partial charge in [-0.3, -0.25) is 15.5 Å². The van der Waals surface area contributed by atoms with Crippen molar-refractivity contribution in [2.45, 2.75) is 6.92 Å². The molecule has 1 heterocycles. The predicted molar refractivity (Wildman–Crippen MR) is 30.2 cm³/mol. The number of hydrogen-bond donors (Lipinski definition) is 4. The summed E-state index contributed by atoms with van der Waals surface area (Å²) < 4.78 is 0. The normalized spacial score (nSPS) is 10.4. The molecule has 0 unspecified atom stereocenters. The van der Waals surface area contributed by atoms with Gasteiger partial charge < -0.3 is 0 Å². The first-order valence-electron chi connectivity index (χ1n) is 2.52. The molecular formula is C3H7N5O2. The number of rotatable bonds is 2. The van der Waals surface area contributed by atoms with Crippen LogP contribution in [-0.2, 0) is 0 Å². The minimum atomic E-state index is -0.220. The first-order chi connectivity index (χ1) is 4.68. The Kier molecular flexibility index (Phi) is 1.81. The molecule has 1 rings (SSSR count). The summed E-state index contributed by atoms with van der Waals surface area (Å²) in [6.07, 6.45) is 0. The van der Waals surface area contributed by atoms with Crippen LogP contribution in [0.25, 0.3) is 0 Å². The second-order valence-corrected chi connectivity index (χ2v) is 1.65. The number of H-pyrrole nitrogens is 1. The molecular weight excluding hydrogens is 138 g/mol. The third-order valence-electron chi connectivity index (χ3n) is 0.797. The molecule has 56 valence electrons. The van der Waals surface area contributed by atoms with Crippen LogP contribution in [0.3, 0.4) is 0 Å². The molecule has 0 radical (unpaired) electrons. The topological polar surface area (TPSA) is 97.3 Å². The zero-order valence-electron chi connectivity index (χ0n) is 5.24.